The minimum atomic E-state index is -1.17. The van der Waals surface area contributed by atoms with E-state index in [0.717, 1.165) is 0 Å². The number of halogens is 2. The summed E-state index contributed by atoms with van der Waals surface area (Å²) in [6, 6.07) is 7.62. The summed E-state index contributed by atoms with van der Waals surface area (Å²) in [5.74, 6) is -2.87. The van der Waals surface area contributed by atoms with Gasteiger partial charge in [0.05, 0.1) is 17.1 Å². The van der Waals surface area contributed by atoms with Crippen LogP contribution in [-0.4, -0.2) is 16.6 Å². The minimum Gasteiger partial charge on any atom is -0.451 e. The second-order valence-corrected chi connectivity index (χ2v) is 4.18. The molecule has 5 nitrogen and oxygen atoms in total. The highest BCUT2D eigenvalue weighted by molar-refractivity contribution is 5.43. The Hall–Kier alpha value is -2.54. The van der Waals surface area contributed by atoms with Gasteiger partial charge in [0.15, 0.2) is 17.4 Å². The molecule has 7 heteroatoms. The fraction of sp³-hybridized carbons (Fsp3) is 0.143. The molecule has 0 atom stereocenters. The number of ether oxygens (including phenoxy) is 1. The van der Waals surface area contributed by atoms with Gasteiger partial charge < -0.3 is 9.84 Å². The van der Waals surface area contributed by atoms with Crippen molar-refractivity contribution in [1.82, 2.24) is 0 Å². The van der Waals surface area contributed by atoms with Gasteiger partial charge in [-0.15, -0.1) is 0 Å². The Morgan fingerprint density at radius 3 is 2.38 bits per heavy atom. The van der Waals surface area contributed by atoms with Crippen LogP contribution in [0.4, 0.5) is 14.5 Å². The first-order chi connectivity index (χ1) is 10.0. The molecule has 110 valence electrons. The highest BCUT2D eigenvalue weighted by atomic mass is 19.1. The Kier molecular flexibility index (Phi) is 4.44. The third-order valence-electron chi connectivity index (χ3n) is 2.76. The van der Waals surface area contributed by atoms with Crippen molar-refractivity contribution in [3.05, 3.63) is 63.7 Å². The first-order valence-corrected chi connectivity index (χ1v) is 6.03. The van der Waals surface area contributed by atoms with Gasteiger partial charge in [-0.1, -0.05) is 18.2 Å². The lowest BCUT2D eigenvalue weighted by atomic mass is 10.1. The molecule has 0 aliphatic carbocycles. The van der Waals surface area contributed by atoms with Gasteiger partial charge in [0.2, 0.25) is 0 Å². The number of aliphatic hydroxyl groups excluding tert-OH is 1. The topological polar surface area (TPSA) is 72.6 Å². The van der Waals surface area contributed by atoms with E-state index in [-0.39, 0.29) is 18.8 Å². The second kappa shape index (κ2) is 6.27. The van der Waals surface area contributed by atoms with E-state index in [4.69, 9.17) is 9.84 Å². The van der Waals surface area contributed by atoms with E-state index < -0.39 is 28.0 Å². The highest BCUT2D eigenvalue weighted by Crippen LogP contribution is 2.32. The van der Waals surface area contributed by atoms with Crippen molar-refractivity contribution in [1.29, 1.82) is 0 Å². The number of hydrogen-bond acceptors (Lipinski definition) is 4. The van der Waals surface area contributed by atoms with E-state index in [1.807, 2.05) is 0 Å². The molecule has 0 aliphatic heterocycles. The van der Waals surface area contributed by atoms with Crippen LogP contribution in [0.5, 0.6) is 11.5 Å². The number of aliphatic hydroxyl groups is 1. The zero-order valence-corrected chi connectivity index (χ0v) is 10.8. The summed E-state index contributed by atoms with van der Waals surface area (Å²) in [4.78, 5) is 9.62. The minimum absolute atomic E-state index is 0.147. The van der Waals surface area contributed by atoms with Crippen LogP contribution in [0.1, 0.15) is 5.56 Å². The number of rotatable bonds is 5. The Morgan fingerprint density at radius 2 is 1.81 bits per heavy atom. The number of nitro groups is 1. The van der Waals surface area contributed by atoms with Gasteiger partial charge in [-0.3, -0.25) is 10.1 Å². The van der Waals surface area contributed by atoms with Crippen LogP contribution in [0.25, 0.3) is 0 Å². The van der Waals surface area contributed by atoms with Gasteiger partial charge >= 0.3 is 0 Å². The lowest BCUT2D eigenvalue weighted by molar-refractivity contribution is -0.385. The van der Waals surface area contributed by atoms with E-state index in [2.05, 4.69) is 0 Å². The van der Waals surface area contributed by atoms with Crippen LogP contribution < -0.4 is 4.74 Å². The smallest absolute Gasteiger partial charge is 0.275 e. The molecule has 0 aliphatic rings. The van der Waals surface area contributed by atoms with Crippen molar-refractivity contribution < 1.29 is 23.5 Å². The number of para-hydroxylation sites is 1. The molecule has 21 heavy (non-hydrogen) atoms. The predicted molar refractivity (Wildman–Crippen MR) is 70.3 cm³/mol. The second-order valence-electron chi connectivity index (χ2n) is 4.18. The predicted octanol–water partition coefficient (Wildman–Crippen LogP) is 3.20. The Balaban J connectivity index is 2.38. The molecular weight excluding hydrogens is 284 g/mol. The van der Waals surface area contributed by atoms with Crippen molar-refractivity contribution in [3.63, 3.8) is 0 Å². The van der Waals surface area contributed by atoms with E-state index >= 15 is 0 Å². The third kappa shape index (κ3) is 3.32. The Labute approximate surface area is 118 Å². The summed E-state index contributed by atoms with van der Waals surface area (Å²) in [6.07, 6.45) is 0.256. The largest absolute Gasteiger partial charge is 0.451 e. The summed E-state index contributed by atoms with van der Waals surface area (Å²) >= 11 is 0. The van der Waals surface area contributed by atoms with Gasteiger partial charge in [0.1, 0.15) is 5.75 Å². The van der Waals surface area contributed by atoms with Crippen molar-refractivity contribution in [2.24, 2.45) is 0 Å². The first-order valence-electron chi connectivity index (χ1n) is 6.03. The monoisotopic (exact) mass is 295 g/mol. The third-order valence-corrected chi connectivity index (χ3v) is 2.76. The summed E-state index contributed by atoms with van der Waals surface area (Å²) in [5, 5.41) is 19.5. The van der Waals surface area contributed by atoms with Crippen LogP contribution >= 0.6 is 0 Å². The van der Waals surface area contributed by atoms with Crippen LogP contribution in [0.2, 0.25) is 0 Å². The number of benzene rings is 2. The fourth-order valence-electron chi connectivity index (χ4n) is 1.79. The van der Waals surface area contributed by atoms with Crippen molar-refractivity contribution in [3.8, 4) is 11.5 Å². The van der Waals surface area contributed by atoms with Crippen molar-refractivity contribution >= 4 is 5.69 Å². The Bertz CT molecular complexity index is 653. The normalized spacial score (nSPS) is 10.4. The Morgan fingerprint density at radius 1 is 1.19 bits per heavy atom. The van der Waals surface area contributed by atoms with E-state index in [0.29, 0.717) is 17.7 Å². The van der Waals surface area contributed by atoms with Crippen LogP contribution in [0, 0.1) is 21.7 Å². The van der Waals surface area contributed by atoms with Gasteiger partial charge in [0, 0.05) is 6.61 Å². The molecule has 0 amide bonds. The zero-order valence-electron chi connectivity index (χ0n) is 10.8. The summed E-state index contributed by atoms with van der Waals surface area (Å²) in [6.45, 7) is -0.147. The molecule has 0 radical (unpaired) electrons. The number of nitrogens with zero attached hydrogens (tertiary/aromatic N) is 1. The molecule has 0 spiro atoms. The maximum Gasteiger partial charge on any atom is 0.275 e. The molecule has 0 unspecified atom stereocenters. The molecule has 0 aromatic heterocycles. The molecular formula is C14H11F2NO4. The van der Waals surface area contributed by atoms with E-state index in [9.17, 15) is 18.9 Å². The van der Waals surface area contributed by atoms with Crippen LogP contribution in [0.15, 0.2) is 36.4 Å². The van der Waals surface area contributed by atoms with E-state index in [1.165, 1.54) is 6.07 Å². The van der Waals surface area contributed by atoms with Gasteiger partial charge in [0.25, 0.3) is 5.69 Å². The lowest BCUT2D eigenvalue weighted by Crippen LogP contribution is -1.99. The van der Waals surface area contributed by atoms with Crippen LogP contribution in [0.3, 0.4) is 0 Å². The van der Waals surface area contributed by atoms with Crippen molar-refractivity contribution in [2.45, 2.75) is 6.42 Å². The lowest BCUT2D eigenvalue weighted by Gasteiger charge is -2.11. The maximum atomic E-state index is 13.8. The molecule has 0 heterocycles. The SMILES string of the molecule is O=[N+]([O-])c1cc(F)c(Oc2ccccc2CCO)c(F)c1. The van der Waals surface area contributed by atoms with E-state index in [1.54, 1.807) is 18.2 Å². The average Bonchev–Trinajstić information content (AvgIpc) is 2.44. The first kappa shape index (κ1) is 14.9. The highest BCUT2D eigenvalue weighted by Gasteiger charge is 2.19. The van der Waals surface area contributed by atoms with Crippen LogP contribution in [-0.2, 0) is 6.42 Å². The quantitative estimate of drug-likeness (QED) is 0.679. The standard InChI is InChI=1S/C14H11F2NO4/c15-11-7-10(17(19)20)8-12(16)14(11)21-13-4-2-1-3-9(13)5-6-18/h1-4,7-8,18H,5-6H2. The van der Waals surface area contributed by atoms with Gasteiger partial charge in [-0.25, -0.2) is 8.78 Å². The molecule has 0 fully saturated rings. The van der Waals surface area contributed by atoms with Gasteiger partial charge in [-0.05, 0) is 18.1 Å². The molecule has 2 aromatic rings. The number of hydrogen-bond donors (Lipinski definition) is 1. The summed E-state index contributed by atoms with van der Waals surface area (Å²) in [7, 11) is 0. The molecule has 2 aromatic carbocycles. The molecule has 0 saturated carbocycles. The van der Waals surface area contributed by atoms with Gasteiger partial charge in [-0.2, -0.15) is 0 Å². The van der Waals surface area contributed by atoms with Crippen molar-refractivity contribution in [2.75, 3.05) is 6.61 Å². The number of nitro benzene ring substituents is 1. The maximum absolute atomic E-state index is 13.8. The average molecular weight is 295 g/mol. The summed E-state index contributed by atoms with van der Waals surface area (Å²) in [5.41, 5.74) is -0.127. The number of non-ortho nitro benzene ring substituents is 1. The molecule has 0 saturated heterocycles. The molecule has 2 rings (SSSR count). The fourth-order valence-corrected chi connectivity index (χ4v) is 1.79. The molecule has 1 N–H and O–H groups in total. The summed E-state index contributed by atoms with van der Waals surface area (Å²) < 4.78 is 32.7. The molecule has 0 bridgehead atoms. The zero-order chi connectivity index (χ0) is 15.4.